The third-order valence-corrected chi connectivity index (χ3v) is 5.28. The summed E-state index contributed by atoms with van der Waals surface area (Å²) in [4.78, 5) is 13.1. The summed E-state index contributed by atoms with van der Waals surface area (Å²) in [5.74, 6) is 0.327. The summed E-state index contributed by atoms with van der Waals surface area (Å²) in [5.41, 5.74) is 6.73. The van der Waals surface area contributed by atoms with Crippen molar-refractivity contribution in [2.24, 2.45) is 10.7 Å². The molecule has 0 aliphatic carbocycles. The summed E-state index contributed by atoms with van der Waals surface area (Å²) in [5, 5.41) is 3.04. The minimum absolute atomic E-state index is 0. The van der Waals surface area contributed by atoms with Gasteiger partial charge in [0.1, 0.15) is 5.82 Å². The number of thiazole rings is 1. The van der Waals surface area contributed by atoms with Crippen LogP contribution in [0.4, 0.5) is 9.52 Å². The van der Waals surface area contributed by atoms with Crippen molar-refractivity contribution in [1.82, 2.24) is 9.88 Å². The van der Waals surface area contributed by atoms with Crippen LogP contribution in [-0.4, -0.2) is 48.6 Å². The lowest BCUT2D eigenvalue weighted by atomic mass is 10.1. The first-order valence-electron chi connectivity index (χ1n) is 7.77. The van der Waals surface area contributed by atoms with Crippen molar-refractivity contribution in [2.45, 2.75) is 6.42 Å². The smallest absolute Gasteiger partial charge is 0.191 e. The molecule has 1 saturated heterocycles. The lowest BCUT2D eigenvalue weighted by molar-refractivity contribution is 0.380. The van der Waals surface area contributed by atoms with Crippen LogP contribution in [0.25, 0.3) is 0 Å². The molecule has 1 aromatic heterocycles. The largest absolute Gasteiger partial charge is 0.370 e. The van der Waals surface area contributed by atoms with Gasteiger partial charge in [0.15, 0.2) is 11.1 Å². The van der Waals surface area contributed by atoms with Crippen molar-refractivity contribution < 1.29 is 4.39 Å². The quantitative estimate of drug-likeness (QED) is 0.368. The minimum Gasteiger partial charge on any atom is -0.370 e. The van der Waals surface area contributed by atoms with Crippen LogP contribution in [0.15, 0.2) is 39.2 Å². The Kier molecular flexibility index (Phi) is 7.88. The maximum absolute atomic E-state index is 13.7. The van der Waals surface area contributed by atoms with E-state index in [-0.39, 0.29) is 29.8 Å². The summed E-state index contributed by atoms with van der Waals surface area (Å²) in [6, 6.07) is 4.94. The van der Waals surface area contributed by atoms with E-state index in [0.29, 0.717) is 24.5 Å². The van der Waals surface area contributed by atoms with Crippen molar-refractivity contribution in [3.63, 3.8) is 0 Å². The number of aliphatic imine (C=N–C) groups is 1. The Bertz CT molecular complexity index is 705. The highest BCUT2D eigenvalue weighted by Crippen LogP contribution is 2.19. The Balaban J connectivity index is 0.00000225. The summed E-state index contributed by atoms with van der Waals surface area (Å²) in [6.07, 6.45) is 2.36. The molecule has 0 bridgehead atoms. The van der Waals surface area contributed by atoms with E-state index in [9.17, 15) is 4.39 Å². The Labute approximate surface area is 176 Å². The van der Waals surface area contributed by atoms with E-state index in [2.05, 4.69) is 35.7 Å². The van der Waals surface area contributed by atoms with Gasteiger partial charge < -0.3 is 15.5 Å². The van der Waals surface area contributed by atoms with Crippen LogP contribution in [0.5, 0.6) is 0 Å². The van der Waals surface area contributed by atoms with Gasteiger partial charge in [0.25, 0.3) is 0 Å². The van der Waals surface area contributed by atoms with Crippen LogP contribution in [0.1, 0.15) is 5.56 Å². The van der Waals surface area contributed by atoms with Gasteiger partial charge in [-0.1, -0.05) is 15.9 Å². The van der Waals surface area contributed by atoms with Crippen LogP contribution in [0.3, 0.4) is 0 Å². The summed E-state index contributed by atoms with van der Waals surface area (Å²) in [6.45, 7) is 3.88. The summed E-state index contributed by atoms with van der Waals surface area (Å²) in [7, 11) is 0. The SMILES string of the molecule is I.NC(=NCCc1cc(Br)ccc1F)N1CCN(c2nccs2)CC1. The minimum atomic E-state index is -0.205. The number of aromatic nitrogens is 1. The molecular formula is C16H20BrFIN5S. The highest BCUT2D eigenvalue weighted by atomic mass is 127. The molecule has 2 aromatic rings. The number of rotatable bonds is 4. The van der Waals surface area contributed by atoms with E-state index in [4.69, 9.17) is 5.73 Å². The van der Waals surface area contributed by atoms with E-state index in [0.717, 1.165) is 35.8 Å². The maximum Gasteiger partial charge on any atom is 0.191 e. The topological polar surface area (TPSA) is 57.8 Å². The Morgan fingerprint density at radius 3 is 2.76 bits per heavy atom. The molecule has 25 heavy (non-hydrogen) atoms. The molecule has 0 saturated carbocycles. The predicted octanol–water partition coefficient (Wildman–Crippen LogP) is 3.34. The molecule has 0 unspecified atom stereocenters. The second kappa shape index (κ2) is 9.67. The third kappa shape index (κ3) is 5.52. The van der Waals surface area contributed by atoms with E-state index in [1.165, 1.54) is 6.07 Å². The average Bonchev–Trinajstić information content (AvgIpc) is 3.12. The Morgan fingerprint density at radius 2 is 2.08 bits per heavy atom. The molecule has 1 fully saturated rings. The molecule has 0 spiro atoms. The molecule has 2 heterocycles. The lowest BCUT2D eigenvalue weighted by Crippen LogP contribution is -2.51. The molecule has 1 aliphatic heterocycles. The van der Waals surface area contributed by atoms with Crippen molar-refractivity contribution in [3.8, 4) is 0 Å². The van der Waals surface area contributed by atoms with Gasteiger partial charge in [0, 0.05) is 48.8 Å². The zero-order valence-electron chi connectivity index (χ0n) is 13.6. The van der Waals surface area contributed by atoms with Crippen LogP contribution >= 0.6 is 51.2 Å². The number of anilines is 1. The zero-order valence-corrected chi connectivity index (χ0v) is 18.3. The van der Waals surface area contributed by atoms with Crippen molar-refractivity contribution in [1.29, 1.82) is 0 Å². The number of nitrogens with zero attached hydrogens (tertiary/aromatic N) is 4. The van der Waals surface area contributed by atoms with Crippen molar-refractivity contribution in [2.75, 3.05) is 37.6 Å². The zero-order chi connectivity index (χ0) is 16.9. The van der Waals surface area contributed by atoms with Gasteiger partial charge in [-0.3, -0.25) is 4.99 Å². The van der Waals surface area contributed by atoms with E-state index >= 15 is 0 Å². The highest BCUT2D eigenvalue weighted by Gasteiger charge is 2.19. The molecule has 0 atom stereocenters. The van der Waals surface area contributed by atoms with Crippen molar-refractivity contribution >= 4 is 62.3 Å². The molecule has 9 heteroatoms. The number of halogens is 3. The van der Waals surface area contributed by atoms with Gasteiger partial charge in [-0.15, -0.1) is 35.3 Å². The second-order valence-corrected chi connectivity index (χ2v) is 7.30. The van der Waals surface area contributed by atoms with E-state index in [1.54, 1.807) is 23.5 Å². The predicted molar refractivity (Wildman–Crippen MR) is 116 cm³/mol. The fraction of sp³-hybridized carbons (Fsp3) is 0.375. The van der Waals surface area contributed by atoms with Gasteiger partial charge >= 0.3 is 0 Å². The van der Waals surface area contributed by atoms with Crippen molar-refractivity contribution in [3.05, 3.63) is 45.6 Å². The van der Waals surface area contributed by atoms with E-state index in [1.807, 2.05) is 11.6 Å². The lowest BCUT2D eigenvalue weighted by Gasteiger charge is -2.35. The molecule has 3 rings (SSSR count). The fourth-order valence-electron chi connectivity index (χ4n) is 2.62. The molecule has 136 valence electrons. The molecule has 0 amide bonds. The number of benzene rings is 1. The van der Waals surface area contributed by atoms with Gasteiger partial charge in [0.2, 0.25) is 0 Å². The summed E-state index contributed by atoms with van der Waals surface area (Å²) < 4.78 is 14.6. The first kappa shape index (κ1) is 20.4. The number of hydrogen-bond acceptors (Lipinski definition) is 4. The third-order valence-electron chi connectivity index (χ3n) is 3.96. The average molecular weight is 540 g/mol. The van der Waals surface area contributed by atoms with E-state index < -0.39 is 0 Å². The Hall–Kier alpha value is -0.940. The molecule has 2 N–H and O–H groups in total. The number of hydrogen-bond donors (Lipinski definition) is 1. The Morgan fingerprint density at radius 1 is 1.32 bits per heavy atom. The van der Waals surface area contributed by atoms with Gasteiger partial charge in [-0.2, -0.15) is 0 Å². The van der Waals surface area contributed by atoms with Crippen LogP contribution in [0.2, 0.25) is 0 Å². The molecule has 1 aliphatic rings. The first-order chi connectivity index (χ1) is 11.6. The van der Waals surface area contributed by atoms with Crippen LogP contribution < -0.4 is 10.6 Å². The van der Waals surface area contributed by atoms with Gasteiger partial charge in [-0.25, -0.2) is 9.37 Å². The standard InChI is InChI=1S/C16H19BrFN5S.HI/c17-13-1-2-14(18)12(11-13)3-4-20-15(19)22-6-8-23(9-7-22)16-21-5-10-24-16;/h1-2,5,10-11H,3-4,6-9H2,(H2,19,20);1H. The van der Waals surface area contributed by atoms with Gasteiger partial charge in [-0.05, 0) is 30.2 Å². The van der Waals surface area contributed by atoms with Crippen LogP contribution in [-0.2, 0) is 6.42 Å². The number of piperazine rings is 1. The van der Waals surface area contributed by atoms with Crippen LogP contribution in [0, 0.1) is 5.82 Å². The monoisotopic (exact) mass is 539 g/mol. The maximum atomic E-state index is 13.7. The normalized spacial score (nSPS) is 15.2. The molecule has 5 nitrogen and oxygen atoms in total. The second-order valence-electron chi connectivity index (χ2n) is 5.51. The number of nitrogens with two attached hydrogens (primary N) is 1. The molecule has 0 radical (unpaired) electrons. The fourth-order valence-corrected chi connectivity index (χ4v) is 3.73. The molecular weight excluding hydrogens is 520 g/mol. The molecule has 1 aromatic carbocycles. The number of guanidine groups is 1. The summed E-state index contributed by atoms with van der Waals surface area (Å²) >= 11 is 5.01. The van der Waals surface area contributed by atoms with Gasteiger partial charge in [0.05, 0.1) is 0 Å². The first-order valence-corrected chi connectivity index (χ1v) is 9.44. The highest BCUT2D eigenvalue weighted by molar-refractivity contribution is 14.0.